The minimum Gasteiger partial charge on any atom is -0.444 e. The maximum Gasteiger partial charge on any atom is 0.413 e. The summed E-state index contributed by atoms with van der Waals surface area (Å²) in [4.78, 5) is 29.2. The van der Waals surface area contributed by atoms with E-state index in [0.29, 0.717) is 18.1 Å². The monoisotopic (exact) mass is 512 g/mol. The fourth-order valence-corrected chi connectivity index (χ4v) is 3.96. The van der Waals surface area contributed by atoms with Crippen LogP contribution in [0.3, 0.4) is 0 Å². The van der Waals surface area contributed by atoms with Gasteiger partial charge in [-0.15, -0.1) is 5.10 Å². The molecule has 0 fully saturated rings. The SMILES string of the molecule is Cc1cc(NC(=O)OC(C)(C)C)nc(C)c1CNC(=O)c1cn(Cc2ccc(-c3ccccc3)cc2)nn1. The van der Waals surface area contributed by atoms with Crippen LogP contribution in [0.1, 0.15) is 53.6 Å². The van der Waals surface area contributed by atoms with Gasteiger partial charge < -0.3 is 10.1 Å². The van der Waals surface area contributed by atoms with Crippen LogP contribution in [0.15, 0.2) is 66.9 Å². The van der Waals surface area contributed by atoms with E-state index in [1.807, 2.05) is 44.2 Å². The topological polar surface area (TPSA) is 111 Å². The van der Waals surface area contributed by atoms with Gasteiger partial charge in [-0.3, -0.25) is 10.1 Å². The molecular formula is C29H32N6O3. The molecule has 2 amide bonds. The molecule has 196 valence electrons. The van der Waals surface area contributed by atoms with Crippen molar-refractivity contribution >= 4 is 17.8 Å². The van der Waals surface area contributed by atoms with Gasteiger partial charge in [-0.2, -0.15) is 0 Å². The van der Waals surface area contributed by atoms with Gasteiger partial charge in [0, 0.05) is 12.2 Å². The normalized spacial score (nSPS) is 11.2. The van der Waals surface area contributed by atoms with E-state index in [1.54, 1.807) is 37.7 Å². The van der Waals surface area contributed by atoms with Crippen molar-refractivity contribution in [3.05, 3.63) is 94.9 Å². The molecule has 0 radical (unpaired) electrons. The second kappa shape index (κ2) is 11.2. The standard InChI is InChI=1S/C29H32N6O3/c1-19-15-26(32-28(37)38-29(3,4)5)31-20(2)24(19)16-30-27(36)25-18-35(34-33-25)17-21-11-13-23(14-12-21)22-9-7-6-8-10-22/h6-15,18H,16-17H2,1-5H3,(H,30,36)(H,31,32,37). The van der Waals surface area contributed by atoms with Gasteiger partial charge in [-0.25, -0.2) is 14.5 Å². The minimum atomic E-state index is -0.604. The van der Waals surface area contributed by atoms with Gasteiger partial charge >= 0.3 is 6.09 Å². The van der Waals surface area contributed by atoms with Crippen LogP contribution in [0.2, 0.25) is 0 Å². The fraction of sp³-hybridized carbons (Fsp3) is 0.276. The molecule has 2 aromatic carbocycles. The lowest BCUT2D eigenvalue weighted by Crippen LogP contribution is -2.28. The maximum absolute atomic E-state index is 12.7. The van der Waals surface area contributed by atoms with E-state index in [1.165, 1.54) is 0 Å². The highest BCUT2D eigenvalue weighted by molar-refractivity contribution is 5.91. The Morgan fingerprint density at radius 1 is 0.974 bits per heavy atom. The Labute approximate surface area is 222 Å². The van der Waals surface area contributed by atoms with Crippen molar-refractivity contribution in [2.24, 2.45) is 0 Å². The lowest BCUT2D eigenvalue weighted by Gasteiger charge is -2.20. The molecular weight excluding hydrogens is 480 g/mol. The molecule has 0 aliphatic heterocycles. The predicted molar refractivity (Wildman–Crippen MR) is 146 cm³/mol. The van der Waals surface area contributed by atoms with E-state index in [4.69, 9.17) is 4.74 Å². The first-order chi connectivity index (χ1) is 18.1. The minimum absolute atomic E-state index is 0.234. The van der Waals surface area contributed by atoms with E-state index in [9.17, 15) is 9.59 Å². The summed E-state index contributed by atoms with van der Waals surface area (Å²) in [6.07, 6.45) is 1.06. The van der Waals surface area contributed by atoms with Crippen LogP contribution in [0.4, 0.5) is 10.6 Å². The lowest BCUT2D eigenvalue weighted by atomic mass is 10.0. The van der Waals surface area contributed by atoms with Crippen molar-refractivity contribution in [3.63, 3.8) is 0 Å². The summed E-state index contributed by atoms with van der Waals surface area (Å²) in [7, 11) is 0. The number of nitrogens with zero attached hydrogens (tertiary/aromatic N) is 4. The van der Waals surface area contributed by atoms with E-state index in [-0.39, 0.29) is 18.1 Å². The number of aryl methyl sites for hydroxylation is 2. The molecule has 0 aliphatic carbocycles. The van der Waals surface area contributed by atoms with Gasteiger partial charge in [-0.05, 0) is 68.5 Å². The average Bonchev–Trinajstić information content (AvgIpc) is 3.32. The Morgan fingerprint density at radius 3 is 2.32 bits per heavy atom. The number of benzene rings is 2. The summed E-state index contributed by atoms with van der Waals surface area (Å²) >= 11 is 0. The number of nitrogens with one attached hydrogen (secondary N) is 2. The van der Waals surface area contributed by atoms with Crippen LogP contribution in [-0.2, 0) is 17.8 Å². The van der Waals surface area contributed by atoms with Crippen LogP contribution < -0.4 is 10.6 Å². The van der Waals surface area contributed by atoms with Crippen molar-refractivity contribution in [3.8, 4) is 11.1 Å². The number of aromatic nitrogens is 4. The molecule has 0 bridgehead atoms. The zero-order valence-electron chi connectivity index (χ0n) is 22.3. The van der Waals surface area contributed by atoms with Crippen molar-refractivity contribution in [2.45, 2.75) is 53.3 Å². The summed E-state index contributed by atoms with van der Waals surface area (Å²) in [6, 6.07) is 20.2. The van der Waals surface area contributed by atoms with Crippen LogP contribution in [0.5, 0.6) is 0 Å². The predicted octanol–water partition coefficient (Wildman–Crippen LogP) is 5.28. The smallest absolute Gasteiger partial charge is 0.413 e. The van der Waals surface area contributed by atoms with Crippen LogP contribution in [0.25, 0.3) is 11.1 Å². The molecule has 2 aromatic heterocycles. The van der Waals surface area contributed by atoms with E-state index < -0.39 is 11.7 Å². The number of anilines is 1. The Morgan fingerprint density at radius 2 is 1.66 bits per heavy atom. The van der Waals surface area contributed by atoms with Crippen LogP contribution in [0, 0.1) is 13.8 Å². The molecule has 4 aromatic rings. The van der Waals surface area contributed by atoms with Gasteiger partial charge in [0.25, 0.3) is 5.91 Å². The van der Waals surface area contributed by atoms with Gasteiger partial charge in [0.1, 0.15) is 11.4 Å². The molecule has 0 unspecified atom stereocenters. The highest BCUT2D eigenvalue weighted by atomic mass is 16.6. The molecule has 0 aliphatic rings. The Hall–Kier alpha value is -4.53. The zero-order valence-corrected chi connectivity index (χ0v) is 22.3. The maximum atomic E-state index is 12.7. The lowest BCUT2D eigenvalue weighted by molar-refractivity contribution is 0.0635. The van der Waals surface area contributed by atoms with Crippen molar-refractivity contribution in [1.29, 1.82) is 0 Å². The third-order valence-corrected chi connectivity index (χ3v) is 5.79. The van der Waals surface area contributed by atoms with Gasteiger partial charge in [0.2, 0.25) is 0 Å². The van der Waals surface area contributed by atoms with E-state index >= 15 is 0 Å². The molecule has 0 saturated carbocycles. The largest absolute Gasteiger partial charge is 0.444 e. The van der Waals surface area contributed by atoms with E-state index in [2.05, 4.69) is 50.2 Å². The van der Waals surface area contributed by atoms with Crippen molar-refractivity contribution in [1.82, 2.24) is 25.3 Å². The van der Waals surface area contributed by atoms with Gasteiger partial charge in [-0.1, -0.05) is 59.8 Å². The van der Waals surface area contributed by atoms with Gasteiger partial charge in [0.05, 0.1) is 12.7 Å². The number of hydrogen-bond donors (Lipinski definition) is 2. The summed E-state index contributed by atoms with van der Waals surface area (Å²) in [6.45, 7) is 9.88. The molecule has 0 spiro atoms. The first-order valence-electron chi connectivity index (χ1n) is 12.4. The number of carbonyl (C=O) groups is 2. The highest BCUT2D eigenvalue weighted by Crippen LogP contribution is 2.20. The molecule has 9 nitrogen and oxygen atoms in total. The molecule has 0 saturated heterocycles. The first-order valence-corrected chi connectivity index (χ1v) is 12.4. The second-order valence-corrected chi connectivity index (χ2v) is 10.1. The van der Waals surface area contributed by atoms with Gasteiger partial charge in [0.15, 0.2) is 5.69 Å². The average molecular weight is 513 g/mol. The summed E-state index contributed by atoms with van der Waals surface area (Å²) < 4.78 is 6.92. The number of amides is 2. The van der Waals surface area contributed by atoms with E-state index in [0.717, 1.165) is 27.8 Å². The number of pyridine rings is 1. The number of ether oxygens (including phenoxy) is 1. The quantitative estimate of drug-likeness (QED) is 0.348. The Bertz CT molecular complexity index is 1400. The van der Waals surface area contributed by atoms with Crippen molar-refractivity contribution in [2.75, 3.05) is 5.32 Å². The molecule has 2 heterocycles. The number of rotatable bonds is 7. The molecule has 4 rings (SSSR count). The summed E-state index contributed by atoms with van der Waals surface area (Å²) in [5.74, 6) is 0.0644. The summed E-state index contributed by atoms with van der Waals surface area (Å²) in [5.41, 5.74) is 5.42. The second-order valence-electron chi connectivity index (χ2n) is 10.1. The third-order valence-electron chi connectivity index (χ3n) is 5.79. The third kappa shape index (κ3) is 7.03. The Kier molecular flexibility index (Phi) is 7.85. The molecule has 2 N–H and O–H groups in total. The molecule has 9 heteroatoms. The molecule has 38 heavy (non-hydrogen) atoms. The molecule has 0 atom stereocenters. The Balaban J connectivity index is 1.34. The van der Waals surface area contributed by atoms with Crippen molar-refractivity contribution < 1.29 is 14.3 Å². The van der Waals surface area contributed by atoms with Crippen LogP contribution >= 0.6 is 0 Å². The first kappa shape index (κ1) is 26.5. The number of carbonyl (C=O) groups excluding carboxylic acids is 2. The van der Waals surface area contributed by atoms with Crippen LogP contribution in [-0.4, -0.2) is 37.6 Å². The fourth-order valence-electron chi connectivity index (χ4n) is 3.96. The summed E-state index contributed by atoms with van der Waals surface area (Å²) in [5, 5.41) is 13.7. The highest BCUT2D eigenvalue weighted by Gasteiger charge is 2.18. The number of hydrogen-bond acceptors (Lipinski definition) is 6. The zero-order chi connectivity index (χ0) is 27.3.